The summed E-state index contributed by atoms with van der Waals surface area (Å²) in [5, 5.41) is 0. The highest BCUT2D eigenvalue weighted by Crippen LogP contribution is 2.71. The maximum absolute atomic E-state index is 6.47. The highest BCUT2D eigenvalue weighted by molar-refractivity contribution is 5.31. The highest BCUT2D eigenvalue weighted by Gasteiger charge is 2.66. The second kappa shape index (κ2) is 5.65. The molecular weight excluding hydrogens is 270 g/mol. The highest BCUT2D eigenvalue weighted by atomic mass is 16.5. The molecule has 4 atom stereocenters. The van der Waals surface area contributed by atoms with Crippen molar-refractivity contribution in [1.29, 1.82) is 0 Å². The number of rotatable bonds is 5. The van der Waals surface area contributed by atoms with Gasteiger partial charge in [0.2, 0.25) is 0 Å². The Kier molecular flexibility index (Phi) is 4.11. The normalized spacial score (nSPS) is 36.2. The van der Waals surface area contributed by atoms with Gasteiger partial charge in [0, 0.05) is 12.5 Å². The number of hydrogen-bond acceptors (Lipinski definition) is 2. The Hall–Kier alpha value is -0.860. The third-order valence-electron chi connectivity index (χ3n) is 6.79. The Bertz CT molecular complexity index is 510. The molecule has 2 bridgehead atoms. The predicted molar refractivity (Wildman–Crippen MR) is 92.1 cm³/mol. The van der Waals surface area contributed by atoms with Crippen LogP contribution in [0, 0.1) is 16.7 Å². The van der Waals surface area contributed by atoms with Gasteiger partial charge in [-0.1, -0.05) is 51.1 Å². The molecule has 0 saturated heterocycles. The molecule has 0 unspecified atom stereocenters. The fourth-order valence-corrected chi connectivity index (χ4v) is 5.09. The van der Waals surface area contributed by atoms with E-state index in [0.717, 1.165) is 13.2 Å². The molecule has 0 aliphatic heterocycles. The molecule has 2 nitrogen and oxygen atoms in total. The second-order valence-corrected chi connectivity index (χ2v) is 8.31. The third-order valence-corrected chi connectivity index (χ3v) is 6.79. The molecule has 0 N–H and O–H groups in total. The first-order valence-electron chi connectivity index (χ1n) is 8.69. The fourth-order valence-electron chi connectivity index (χ4n) is 5.09. The summed E-state index contributed by atoms with van der Waals surface area (Å²) >= 11 is 0. The van der Waals surface area contributed by atoms with E-state index >= 15 is 0 Å². The van der Waals surface area contributed by atoms with Gasteiger partial charge in [0.1, 0.15) is 0 Å². The average Bonchev–Trinajstić information content (AvgIpc) is 2.78. The molecular formula is C20H31NO. The van der Waals surface area contributed by atoms with Crippen molar-refractivity contribution in [3.05, 3.63) is 35.9 Å². The van der Waals surface area contributed by atoms with E-state index in [9.17, 15) is 0 Å². The molecule has 0 radical (unpaired) electrons. The van der Waals surface area contributed by atoms with Crippen LogP contribution in [0.25, 0.3) is 0 Å². The van der Waals surface area contributed by atoms with Gasteiger partial charge in [-0.25, -0.2) is 0 Å². The minimum Gasteiger partial charge on any atom is -0.376 e. The minimum absolute atomic E-state index is 0.349. The van der Waals surface area contributed by atoms with Crippen LogP contribution in [0.3, 0.4) is 0 Å². The van der Waals surface area contributed by atoms with Crippen LogP contribution >= 0.6 is 0 Å². The van der Waals surface area contributed by atoms with Gasteiger partial charge in [-0.2, -0.15) is 0 Å². The zero-order valence-electron chi connectivity index (χ0n) is 14.8. The lowest BCUT2D eigenvalue weighted by Gasteiger charge is -2.40. The van der Waals surface area contributed by atoms with Crippen LogP contribution < -0.4 is 0 Å². The Balaban J connectivity index is 1.89. The first-order valence-corrected chi connectivity index (χ1v) is 8.69. The van der Waals surface area contributed by atoms with E-state index < -0.39 is 0 Å². The molecule has 0 heterocycles. The lowest BCUT2D eigenvalue weighted by molar-refractivity contribution is -0.0137. The van der Waals surface area contributed by atoms with Crippen molar-refractivity contribution >= 4 is 0 Å². The fraction of sp³-hybridized carbons (Fsp3) is 0.700. The van der Waals surface area contributed by atoms with E-state index in [-0.39, 0.29) is 0 Å². The number of benzene rings is 1. The quantitative estimate of drug-likeness (QED) is 0.809. The molecule has 0 spiro atoms. The molecule has 22 heavy (non-hydrogen) atoms. The van der Waals surface area contributed by atoms with Crippen molar-refractivity contribution in [3.63, 3.8) is 0 Å². The molecule has 122 valence electrons. The molecule has 2 saturated carbocycles. The van der Waals surface area contributed by atoms with Crippen LogP contribution in [0.4, 0.5) is 0 Å². The van der Waals surface area contributed by atoms with Crippen LogP contribution in [-0.4, -0.2) is 38.3 Å². The maximum atomic E-state index is 6.47. The molecule has 0 amide bonds. The van der Waals surface area contributed by atoms with E-state index in [2.05, 4.69) is 70.1 Å². The lowest BCUT2D eigenvalue weighted by atomic mass is 9.65. The number of ether oxygens (including phenoxy) is 1. The molecule has 2 heteroatoms. The first kappa shape index (κ1) is 16.0. The summed E-state index contributed by atoms with van der Waals surface area (Å²) in [6.07, 6.45) is 3.02. The molecule has 1 aromatic rings. The van der Waals surface area contributed by atoms with Gasteiger partial charge in [0.05, 0.1) is 12.7 Å². The molecule has 2 aliphatic rings. The molecule has 2 fully saturated rings. The van der Waals surface area contributed by atoms with Gasteiger partial charge >= 0.3 is 0 Å². The van der Waals surface area contributed by atoms with Gasteiger partial charge in [-0.15, -0.1) is 0 Å². The topological polar surface area (TPSA) is 12.5 Å². The van der Waals surface area contributed by atoms with E-state index in [0.29, 0.717) is 28.8 Å². The van der Waals surface area contributed by atoms with E-state index in [1.54, 1.807) is 0 Å². The van der Waals surface area contributed by atoms with Crippen molar-refractivity contribution in [3.8, 4) is 0 Å². The summed E-state index contributed by atoms with van der Waals surface area (Å²) in [4.78, 5) is 2.21. The minimum atomic E-state index is 0.349. The number of fused-ring (bicyclic) bond motifs is 2. The largest absolute Gasteiger partial charge is 0.376 e. The zero-order valence-corrected chi connectivity index (χ0v) is 14.8. The third kappa shape index (κ3) is 2.32. The van der Waals surface area contributed by atoms with E-state index in [1.165, 1.54) is 18.4 Å². The van der Waals surface area contributed by atoms with Gasteiger partial charge in [-0.3, -0.25) is 0 Å². The van der Waals surface area contributed by atoms with Crippen molar-refractivity contribution in [1.82, 2.24) is 4.90 Å². The van der Waals surface area contributed by atoms with Crippen molar-refractivity contribution in [2.45, 2.75) is 45.6 Å². The Morgan fingerprint density at radius 1 is 1.14 bits per heavy atom. The monoisotopic (exact) mass is 301 g/mol. The summed E-state index contributed by atoms with van der Waals surface area (Å²) in [6.45, 7) is 9.28. The average molecular weight is 301 g/mol. The predicted octanol–water partition coefficient (Wildman–Crippen LogP) is 4.17. The summed E-state index contributed by atoms with van der Waals surface area (Å²) in [7, 11) is 4.23. The zero-order chi connectivity index (χ0) is 16.0. The van der Waals surface area contributed by atoms with Gasteiger partial charge < -0.3 is 9.64 Å². The lowest BCUT2D eigenvalue weighted by Crippen LogP contribution is -2.35. The van der Waals surface area contributed by atoms with Gasteiger partial charge in [0.15, 0.2) is 0 Å². The summed E-state index contributed by atoms with van der Waals surface area (Å²) < 4.78 is 6.47. The van der Waals surface area contributed by atoms with Crippen molar-refractivity contribution in [2.24, 2.45) is 16.7 Å². The van der Waals surface area contributed by atoms with Crippen molar-refractivity contribution < 1.29 is 4.74 Å². The molecule has 3 rings (SSSR count). The summed E-state index contributed by atoms with van der Waals surface area (Å²) in [6, 6.07) is 11.1. The molecule has 2 aliphatic carbocycles. The summed E-state index contributed by atoms with van der Waals surface area (Å²) in [5.41, 5.74) is 2.17. The van der Waals surface area contributed by atoms with Crippen molar-refractivity contribution in [2.75, 3.05) is 27.2 Å². The SMILES string of the molecule is CN(C)CCO[C@@H]1[C@@H](c2ccccc2)[C@]2(C)CC[C@@H]1C2(C)C. The van der Waals surface area contributed by atoms with Crippen LogP contribution in [0.15, 0.2) is 30.3 Å². The Labute approximate surface area is 135 Å². The summed E-state index contributed by atoms with van der Waals surface area (Å²) in [5.74, 6) is 1.22. The smallest absolute Gasteiger partial charge is 0.0683 e. The van der Waals surface area contributed by atoms with Gasteiger partial charge in [0.25, 0.3) is 0 Å². The van der Waals surface area contributed by atoms with Crippen LogP contribution in [0.1, 0.15) is 45.1 Å². The number of hydrogen-bond donors (Lipinski definition) is 0. The Morgan fingerprint density at radius 2 is 1.82 bits per heavy atom. The molecule has 1 aromatic carbocycles. The van der Waals surface area contributed by atoms with Crippen LogP contribution in [0.5, 0.6) is 0 Å². The Morgan fingerprint density at radius 3 is 2.45 bits per heavy atom. The maximum Gasteiger partial charge on any atom is 0.0683 e. The van der Waals surface area contributed by atoms with Crippen LogP contribution in [-0.2, 0) is 4.74 Å². The molecule has 0 aromatic heterocycles. The van der Waals surface area contributed by atoms with Gasteiger partial charge in [-0.05, 0) is 49.2 Å². The standard InChI is InChI=1S/C20H31NO/c1-19(2)16-11-12-20(19,3)17(15-9-7-6-8-10-15)18(16)22-14-13-21(4)5/h6-10,16-18H,11-14H2,1-5H3/t16-,17+,18-,20-/m0/s1. The van der Waals surface area contributed by atoms with E-state index in [4.69, 9.17) is 4.74 Å². The van der Waals surface area contributed by atoms with Crippen LogP contribution in [0.2, 0.25) is 0 Å². The van der Waals surface area contributed by atoms with E-state index in [1.807, 2.05) is 0 Å². The second-order valence-electron chi connectivity index (χ2n) is 8.31. The first-order chi connectivity index (χ1) is 10.4. The number of nitrogens with zero attached hydrogens (tertiary/aromatic N) is 1. The number of likely N-dealkylation sites (N-methyl/N-ethyl adjacent to an activating group) is 1.